The van der Waals surface area contributed by atoms with Gasteiger partial charge in [0, 0.05) is 12.6 Å². The lowest BCUT2D eigenvalue weighted by Gasteiger charge is -2.27. The molecule has 0 bridgehead atoms. The van der Waals surface area contributed by atoms with Crippen LogP contribution in [0, 0.1) is 5.92 Å². The van der Waals surface area contributed by atoms with E-state index < -0.39 is 0 Å². The topological polar surface area (TPSA) is 38.3 Å². The van der Waals surface area contributed by atoms with Crippen LogP contribution in [0.3, 0.4) is 0 Å². The van der Waals surface area contributed by atoms with E-state index in [0.717, 1.165) is 19.4 Å². The molecule has 1 amide bonds. The van der Waals surface area contributed by atoms with Crippen molar-refractivity contribution in [3.63, 3.8) is 0 Å². The van der Waals surface area contributed by atoms with E-state index in [9.17, 15) is 4.79 Å². The summed E-state index contributed by atoms with van der Waals surface area (Å²) in [6.07, 6.45) is 8.23. The average Bonchev–Trinajstić information content (AvgIpc) is 2.31. The van der Waals surface area contributed by atoms with Gasteiger partial charge in [-0.25, -0.2) is 0 Å². The Bertz CT molecular complexity index is 206. The van der Waals surface area contributed by atoms with Gasteiger partial charge in [0.05, 0.1) is 12.5 Å². The van der Waals surface area contributed by atoms with Gasteiger partial charge >= 0.3 is 0 Å². The lowest BCUT2D eigenvalue weighted by atomic mass is 9.94. The average molecular weight is 211 g/mol. The van der Waals surface area contributed by atoms with Crippen molar-refractivity contribution in [1.29, 1.82) is 0 Å². The molecule has 1 aliphatic carbocycles. The van der Waals surface area contributed by atoms with Gasteiger partial charge in [0.15, 0.2) is 0 Å². The molecule has 3 nitrogen and oxygen atoms in total. The van der Waals surface area contributed by atoms with Gasteiger partial charge in [-0.3, -0.25) is 4.79 Å². The van der Waals surface area contributed by atoms with Crippen molar-refractivity contribution in [1.82, 2.24) is 5.32 Å². The first-order valence-electron chi connectivity index (χ1n) is 6.24. The fraction of sp³-hybridized carbons (Fsp3) is 0.917. The number of rotatable bonds is 2. The summed E-state index contributed by atoms with van der Waals surface area (Å²) < 4.78 is 5.33. The molecule has 1 aliphatic heterocycles. The number of hydrogen-bond acceptors (Lipinski definition) is 2. The van der Waals surface area contributed by atoms with Gasteiger partial charge in [0.1, 0.15) is 0 Å². The van der Waals surface area contributed by atoms with Gasteiger partial charge in [0.2, 0.25) is 5.91 Å². The van der Waals surface area contributed by atoms with E-state index in [4.69, 9.17) is 4.74 Å². The largest absolute Gasteiger partial charge is 0.381 e. The third-order valence-electron chi connectivity index (χ3n) is 3.48. The Labute approximate surface area is 91.6 Å². The molecule has 0 aromatic carbocycles. The quantitative estimate of drug-likeness (QED) is 0.757. The van der Waals surface area contributed by atoms with Crippen LogP contribution in [-0.4, -0.2) is 25.2 Å². The van der Waals surface area contributed by atoms with Crippen molar-refractivity contribution in [3.8, 4) is 0 Å². The van der Waals surface area contributed by atoms with Crippen LogP contribution in [0.4, 0.5) is 0 Å². The zero-order chi connectivity index (χ0) is 10.5. The maximum Gasteiger partial charge on any atom is 0.225 e. The van der Waals surface area contributed by atoms with Gasteiger partial charge in [-0.15, -0.1) is 0 Å². The minimum atomic E-state index is 0.112. The highest BCUT2D eigenvalue weighted by molar-refractivity contribution is 5.79. The molecule has 2 rings (SSSR count). The molecule has 0 unspecified atom stereocenters. The smallest absolute Gasteiger partial charge is 0.225 e. The van der Waals surface area contributed by atoms with E-state index in [1.807, 2.05) is 0 Å². The van der Waals surface area contributed by atoms with Crippen LogP contribution in [0.2, 0.25) is 0 Å². The number of carbonyl (C=O) groups is 1. The van der Waals surface area contributed by atoms with Crippen molar-refractivity contribution >= 4 is 5.91 Å². The van der Waals surface area contributed by atoms with Crippen molar-refractivity contribution in [2.45, 2.75) is 51.0 Å². The summed E-state index contributed by atoms with van der Waals surface area (Å²) in [6.45, 7) is 1.45. The number of hydrogen-bond donors (Lipinski definition) is 1. The third kappa shape index (κ3) is 3.20. The Hall–Kier alpha value is -0.570. The predicted octanol–water partition coefficient (Wildman–Crippen LogP) is 1.86. The Balaban J connectivity index is 1.74. The van der Waals surface area contributed by atoms with Gasteiger partial charge in [-0.2, -0.15) is 0 Å². The molecule has 1 atom stereocenters. The zero-order valence-corrected chi connectivity index (χ0v) is 9.34. The van der Waals surface area contributed by atoms with E-state index in [1.165, 1.54) is 32.1 Å². The molecule has 86 valence electrons. The Morgan fingerprint density at radius 2 is 1.87 bits per heavy atom. The number of amides is 1. The molecule has 1 N–H and O–H groups in total. The van der Waals surface area contributed by atoms with Gasteiger partial charge in [0.25, 0.3) is 0 Å². The third-order valence-corrected chi connectivity index (χ3v) is 3.48. The molecule has 0 aromatic heterocycles. The van der Waals surface area contributed by atoms with Crippen molar-refractivity contribution in [2.24, 2.45) is 5.92 Å². The van der Waals surface area contributed by atoms with Crippen LogP contribution in [0.1, 0.15) is 44.9 Å². The van der Waals surface area contributed by atoms with E-state index in [2.05, 4.69) is 5.32 Å². The van der Waals surface area contributed by atoms with E-state index in [0.29, 0.717) is 12.6 Å². The first-order valence-corrected chi connectivity index (χ1v) is 6.24. The second-order valence-electron chi connectivity index (χ2n) is 4.76. The summed E-state index contributed by atoms with van der Waals surface area (Å²) in [7, 11) is 0. The van der Waals surface area contributed by atoms with Gasteiger partial charge in [-0.1, -0.05) is 19.3 Å². The molecule has 1 saturated carbocycles. The van der Waals surface area contributed by atoms with E-state index in [1.54, 1.807) is 0 Å². The molecule has 0 spiro atoms. The molecule has 0 aromatic rings. The molecular formula is C12H21NO2. The Morgan fingerprint density at radius 1 is 1.07 bits per heavy atom. The summed E-state index contributed by atoms with van der Waals surface area (Å²) >= 11 is 0. The van der Waals surface area contributed by atoms with E-state index in [-0.39, 0.29) is 11.8 Å². The maximum absolute atomic E-state index is 11.9. The van der Waals surface area contributed by atoms with Gasteiger partial charge in [-0.05, 0) is 25.7 Å². The fourth-order valence-corrected chi connectivity index (χ4v) is 2.51. The summed E-state index contributed by atoms with van der Waals surface area (Å²) in [4.78, 5) is 11.9. The SMILES string of the molecule is O=C(NC1CCCCC1)[C@H]1CCCOC1. The zero-order valence-electron chi connectivity index (χ0n) is 9.34. The minimum absolute atomic E-state index is 0.112. The molecule has 2 aliphatic rings. The molecule has 1 saturated heterocycles. The highest BCUT2D eigenvalue weighted by Gasteiger charge is 2.24. The Kier molecular flexibility index (Phi) is 4.01. The molecule has 1 heterocycles. The van der Waals surface area contributed by atoms with Crippen molar-refractivity contribution in [3.05, 3.63) is 0 Å². The van der Waals surface area contributed by atoms with Crippen LogP contribution in [0.15, 0.2) is 0 Å². The normalized spacial score (nSPS) is 28.7. The molecule has 3 heteroatoms. The van der Waals surface area contributed by atoms with Crippen LogP contribution in [0.25, 0.3) is 0 Å². The standard InChI is InChI=1S/C12H21NO2/c14-12(10-5-4-8-15-9-10)13-11-6-2-1-3-7-11/h10-11H,1-9H2,(H,13,14)/t10-/m0/s1. The summed E-state index contributed by atoms with van der Waals surface area (Å²) in [5.41, 5.74) is 0. The lowest BCUT2D eigenvalue weighted by molar-refractivity contribution is -0.129. The number of ether oxygens (including phenoxy) is 1. The van der Waals surface area contributed by atoms with Crippen molar-refractivity contribution < 1.29 is 9.53 Å². The highest BCUT2D eigenvalue weighted by atomic mass is 16.5. The first-order chi connectivity index (χ1) is 7.36. The highest BCUT2D eigenvalue weighted by Crippen LogP contribution is 2.19. The van der Waals surface area contributed by atoms with Crippen LogP contribution in [-0.2, 0) is 9.53 Å². The van der Waals surface area contributed by atoms with Crippen LogP contribution < -0.4 is 5.32 Å². The van der Waals surface area contributed by atoms with Crippen LogP contribution >= 0.6 is 0 Å². The molecule has 2 fully saturated rings. The van der Waals surface area contributed by atoms with Crippen molar-refractivity contribution in [2.75, 3.05) is 13.2 Å². The summed E-state index contributed by atoms with van der Waals surface area (Å²) in [5.74, 6) is 0.335. The van der Waals surface area contributed by atoms with Gasteiger partial charge < -0.3 is 10.1 Å². The second kappa shape index (κ2) is 5.50. The number of nitrogens with one attached hydrogen (secondary N) is 1. The summed E-state index contributed by atoms with van der Waals surface area (Å²) in [5, 5.41) is 3.17. The maximum atomic E-state index is 11.9. The van der Waals surface area contributed by atoms with E-state index >= 15 is 0 Å². The lowest BCUT2D eigenvalue weighted by Crippen LogP contribution is -2.42. The van der Waals surface area contributed by atoms with Crippen LogP contribution in [0.5, 0.6) is 0 Å². The Morgan fingerprint density at radius 3 is 2.53 bits per heavy atom. The molecule has 15 heavy (non-hydrogen) atoms. The monoisotopic (exact) mass is 211 g/mol. The molecule has 0 radical (unpaired) electrons. The summed E-state index contributed by atoms with van der Waals surface area (Å²) in [6, 6.07) is 0.438. The predicted molar refractivity (Wildman–Crippen MR) is 58.6 cm³/mol. The fourth-order valence-electron chi connectivity index (χ4n) is 2.51. The second-order valence-corrected chi connectivity index (χ2v) is 4.76. The first kappa shape index (κ1) is 10.9. The molecular weight excluding hydrogens is 190 g/mol. The minimum Gasteiger partial charge on any atom is -0.381 e. The number of carbonyl (C=O) groups excluding carboxylic acids is 1.